The summed E-state index contributed by atoms with van der Waals surface area (Å²) in [6, 6.07) is 5.69. The molecule has 2 amide bonds. The van der Waals surface area contributed by atoms with Gasteiger partial charge < -0.3 is 14.7 Å². The molecule has 2 rings (SSSR count). The number of anilines is 1. The Kier molecular flexibility index (Phi) is 7.15. The molecule has 1 heterocycles. The Morgan fingerprint density at radius 1 is 1.14 bits per heavy atom. The number of sulfonamides is 1. The van der Waals surface area contributed by atoms with Crippen LogP contribution in [0.5, 0.6) is 0 Å². The number of likely N-dealkylation sites (N-methyl/N-ethyl adjacent to an activating group) is 1. The highest BCUT2D eigenvalue weighted by atomic mass is 32.2. The van der Waals surface area contributed by atoms with Crippen molar-refractivity contribution < 1.29 is 22.5 Å². The van der Waals surface area contributed by atoms with E-state index in [2.05, 4.69) is 15.2 Å². The van der Waals surface area contributed by atoms with Crippen LogP contribution in [0.15, 0.2) is 27.6 Å². The molecule has 0 bridgehead atoms. The largest absolute Gasteiger partial charge is 0.360 e. The third kappa shape index (κ3) is 5.64. The number of nitrogens with one attached hydrogen (secondary N) is 2. The fraction of sp³-hybridized carbons (Fsp3) is 0.421. The van der Waals surface area contributed by atoms with Gasteiger partial charge in [-0.15, -0.1) is 0 Å². The van der Waals surface area contributed by atoms with Gasteiger partial charge in [0, 0.05) is 25.7 Å². The second-order valence-electron chi connectivity index (χ2n) is 6.87. The average molecular weight is 423 g/mol. The van der Waals surface area contributed by atoms with Crippen LogP contribution in [0.2, 0.25) is 0 Å². The van der Waals surface area contributed by atoms with Crippen molar-refractivity contribution in [3.63, 3.8) is 0 Å². The van der Waals surface area contributed by atoms with Crippen LogP contribution in [0.25, 0.3) is 0 Å². The Morgan fingerprint density at radius 3 is 2.31 bits per heavy atom. The molecule has 29 heavy (non-hydrogen) atoms. The van der Waals surface area contributed by atoms with E-state index in [1.165, 1.54) is 25.8 Å². The third-order valence-electron chi connectivity index (χ3n) is 4.42. The van der Waals surface area contributed by atoms with Gasteiger partial charge >= 0.3 is 0 Å². The van der Waals surface area contributed by atoms with Crippen LogP contribution < -0.4 is 10.0 Å². The van der Waals surface area contributed by atoms with Gasteiger partial charge in [0.1, 0.15) is 10.6 Å². The Morgan fingerprint density at radius 2 is 1.76 bits per heavy atom. The van der Waals surface area contributed by atoms with E-state index in [1.54, 1.807) is 0 Å². The number of amides is 2. The van der Waals surface area contributed by atoms with Crippen molar-refractivity contribution in [2.75, 3.05) is 25.5 Å². The fourth-order valence-electron chi connectivity index (χ4n) is 2.91. The van der Waals surface area contributed by atoms with Crippen LogP contribution >= 0.6 is 0 Å². The number of para-hydroxylation sites is 1. The van der Waals surface area contributed by atoms with E-state index in [-0.39, 0.29) is 47.7 Å². The highest BCUT2D eigenvalue weighted by Crippen LogP contribution is 2.19. The first-order valence-electron chi connectivity index (χ1n) is 9.05. The van der Waals surface area contributed by atoms with Crippen LogP contribution in [0.1, 0.15) is 29.0 Å². The number of aromatic nitrogens is 1. The topological polar surface area (TPSA) is 122 Å². The van der Waals surface area contributed by atoms with Gasteiger partial charge in [0.2, 0.25) is 21.8 Å². The SMILES string of the molecule is Cc1cccc(C)c1NC(=O)CN(C)C(=O)CCNS(=O)(=O)c1c(C)noc1C. The molecule has 2 aromatic rings. The highest BCUT2D eigenvalue weighted by molar-refractivity contribution is 7.89. The first-order chi connectivity index (χ1) is 13.5. The van der Waals surface area contributed by atoms with E-state index in [4.69, 9.17) is 4.52 Å². The second-order valence-corrected chi connectivity index (χ2v) is 8.57. The summed E-state index contributed by atoms with van der Waals surface area (Å²) in [5, 5.41) is 6.43. The molecule has 10 heteroatoms. The van der Waals surface area contributed by atoms with E-state index in [0.717, 1.165) is 16.8 Å². The van der Waals surface area contributed by atoms with Crippen LogP contribution in [0.4, 0.5) is 5.69 Å². The standard InChI is InChI=1S/C19H26N4O5S/c1-12-7-6-8-13(2)18(12)21-16(24)11-23(5)17(25)9-10-20-29(26,27)19-14(3)22-28-15(19)4/h6-8,20H,9-11H2,1-5H3,(H,21,24). The van der Waals surface area contributed by atoms with Crippen molar-refractivity contribution in [2.24, 2.45) is 0 Å². The Hall–Kier alpha value is -2.72. The molecule has 0 saturated heterocycles. The third-order valence-corrected chi connectivity index (χ3v) is 6.12. The summed E-state index contributed by atoms with van der Waals surface area (Å²) in [6.07, 6.45) is -0.0875. The van der Waals surface area contributed by atoms with Gasteiger partial charge in [0.15, 0.2) is 5.76 Å². The molecule has 0 atom stereocenters. The number of carbonyl (C=O) groups excluding carboxylic acids is 2. The van der Waals surface area contributed by atoms with E-state index in [0.29, 0.717) is 0 Å². The van der Waals surface area contributed by atoms with Crippen LogP contribution in [0, 0.1) is 27.7 Å². The van der Waals surface area contributed by atoms with Crippen LogP contribution in [-0.2, 0) is 19.6 Å². The van der Waals surface area contributed by atoms with Gasteiger partial charge in [-0.05, 0) is 38.8 Å². The van der Waals surface area contributed by atoms with Crippen LogP contribution in [0.3, 0.4) is 0 Å². The molecule has 0 radical (unpaired) electrons. The molecule has 0 spiro atoms. The zero-order valence-corrected chi connectivity index (χ0v) is 18.0. The van der Waals surface area contributed by atoms with Crippen molar-refractivity contribution in [3.05, 3.63) is 40.8 Å². The Balaban J connectivity index is 1.87. The fourth-order valence-corrected chi connectivity index (χ4v) is 4.26. The zero-order chi connectivity index (χ0) is 21.8. The number of carbonyl (C=O) groups is 2. The first-order valence-corrected chi connectivity index (χ1v) is 10.5. The van der Waals surface area contributed by atoms with E-state index < -0.39 is 10.0 Å². The summed E-state index contributed by atoms with van der Waals surface area (Å²) in [7, 11) is -2.33. The lowest BCUT2D eigenvalue weighted by molar-refractivity contribution is -0.133. The molecule has 0 aliphatic heterocycles. The normalized spacial score (nSPS) is 11.3. The van der Waals surface area contributed by atoms with Crippen molar-refractivity contribution in [1.82, 2.24) is 14.8 Å². The molecular formula is C19H26N4O5S. The van der Waals surface area contributed by atoms with Gasteiger partial charge in [0.05, 0.1) is 6.54 Å². The minimum Gasteiger partial charge on any atom is -0.360 e. The number of rotatable bonds is 8. The summed E-state index contributed by atoms with van der Waals surface area (Å²) in [5.41, 5.74) is 2.84. The van der Waals surface area contributed by atoms with Gasteiger partial charge in [-0.1, -0.05) is 23.4 Å². The predicted octanol–water partition coefficient (Wildman–Crippen LogP) is 1.67. The maximum Gasteiger partial charge on any atom is 0.245 e. The van der Waals surface area contributed by atoms with Gasteiger partial charge in [-0.3, -0.25) is 9.59 Å². The lowest BCUT2D eigenvalue weighted by Gasteiger charge is -2.18. The summed E-state index contributed by atoms with van der Waals surface area (Å²) >= 11 is 0. The summed E-state index contributed by atoms with van der Waals surface area (Å²) < 4.78 is 31.9. The van der Waals surface area contributed by atoms with Crippen LogP contribution in [-0.4, -0.2) is 50.4 Å². The molecule has 2 N–H and O–H groups in total. The zero-order valence-electron chi connectivity index (χ0n) is 17.2. The van der Waals surface area contributed by atoms with E-state index in [9.17, 15) is 18.0 Å². The molecule has 9 nitrogen and oxygen atoms in total. The Bertz CT molecular complexity index is 974. The van der Waals surface area contributed by atoms with Gasteiger partial charge in [-0.2, -0.15) is 0 Å². The van der Waals surface area contributed by atoms with Gasteiger partial charge in [0.25, 0.3) is 0 Å². The number of hydrogen-bond donors (Lipinski definition) is 2. The van der Waals surface area contributed by atoms with Gasteiger partial charge in [-0.25, -0.2) is 13.1 Å². The molecule has 0 unspecified atom stereocenters. The molecule has 0 saturated carbocycles. The van der Waals surface area contributed by atoms with Crippen molar-refractivity contribution >= 4 is 27.5 Å². The molecular weight excluding hydrogens is 396 g/mol. The van der Waals surface area contributed by atoms with Crippen molar-refractivity contribution in [1.29, 1.82) is 0 Å². The molecule has 1 aromatic carbocycles. The monoisotopic (exact) mass is 422 g/mol. The second kappa shape index (κ2) is 9.19. The lowest BCUT2D eigenvalue weighted by Crippen LogP contribution is -2.37. The molecule has 0 aliphatic rings. The lowest BCUT2D eigenvalue weighted by atomic mass is 10.1. The summed E-state index contributed by atoms with van der Waals surface area (Å²) in [6.45, 7) is 6.57. The number of nitrogens with zero attached hydrogens (tertiary/aromatic N) is 2. The number of benzene rings is 1. The molecule has 0 fully saturated rings. The molecule has 1 aromatic heterocycles. The minimum atomic E-state index is -3.83. The predicted molar refractivity (Wildman–Crippen MR) is 108 cm³/mol. The summed E-state index contributed by atoms with van der Waals surface area (Å²) in [4.78, 5) is 25.7. The highest BCUT2D eigenvalue weighted by Gasteiger charge is 2.24. The molecule has 0 aliphatic carbocycles. The minimum absolute atomic E-state index is 0.0220. The number of aryl methyl sites for hydroxylation is 4. The van der Waals surface area contributed by atoms with E-state index in [1.807, 2.05) is 32.0 Å². The van der Waals surface area contributed by atoms with E-state index >= 15 is 0 Å². The van der Waals surface area contributed by atoms with Crippen molar-refractivity contribution in [3.8, 4) is 0 Å². The first kappa shape index (κ1) is 22.6. The maximum absolute atomic E-state index is 12.3. The average Bonchev–Trinajstić information content (AvgIpc) is 2.97. The smallest absolute Gasteiger partial charge is 0.245 e. The molecule has 158 valence electrons. The van der Waals surface area contributed by atoms with Crippen molar-refractivity contribution in [2.45, 2.75) is 39.0 Å². The summed E-state index contributed by atoms with van der Waals surface area (Å²) in [5.74, 6) is -0.501. The Labute approximate surface area is 170 Å². The number of hydrogen-bond acceptors (Lipinski definition) is 6. The maximum atomic E-state index is 12.3. The quantitative estimate of drug-likeness (QED) is 0.667.